The predicted molar refractivity (Wildman–Crippen MR) is 65.6 cm³/mol. The van der Waals surface area contributed by atoms with Gasteiger partial charge >= 0.3 is 0 Å². The monoisotopic (exact) mass is 222 g/mol. The van der Waals surface area contributed by atoms with E-state index in [0.717, 1.165) is 18.7 Å². The van der Waals surface area contributed by atoms with Gasteiger partial charge in [-0.25, -0.2) is 0 Å². The maximum Gasteiger partial charge on any atom is 0.180 e. The summed E-state index contributed by atoms with van der Waals surface area (Å²) in [6.07, 6.45) is 8.31. The van der Waals surface area contributed by atoms with Crippen molar-refractivity contribution in [3.05, 3.63) is 18.0 Å². The maximum absolute atomic E-state index is 11.9. The molecule has 16 heavy (non-hydrogen) atoms. The molecule has 0 N–H and O–H groups in total. The quantitative estimate of drug-likeness (QED) is 0.499. The van der Waals surface area contributed by atoms with Crippen molar-refractivity contribution in [3.8, 4) is 0 Å². The van der Waals surface area contributed by atoms with Crippen LogP contribution >= 0.6 is 0 Å². The summed E-state index contributed by atoms with van der Waals surface area (Å²) in [6.45, 7) is 4.97. The van der Waals surface area contributed by atoms with Crippen molar-refractivity contribution in [2.75, 3.05) is 0 Å². The molecule has 0 radical (unpaired) electrons. The van der Waals surface area contributed by atoms with Crippen LogP contribution in [0.25, 0.3) is 0 Å². The van der Waals surface area contributed by atoms with Crippen molar-refractivity contribution in [2.24, 2.45) is 0 Å². The first-order valence-electron chi connectivity index (χ1n) is 6.34. The summed E-state index contributed by atoms with van der Waals surface area (Å²) in [7, 11) is 0. The van der Waals surface area contributed by atoms with Crippen molar-refractivity contribution in [1.82, 2.24) is 9.78 Å². The number of ketones is 1. The number of rotatable bonds is 8. The second kappa shape index (κ2) is 7.20. The number of aromatic nitrogens is 2. The molecule has 0 saturated heterocycles. The van der Waals surface area contributed by atoms with Gasteiger partial charge in [-0.1, -0.05) is 32.6 Å². The zero-order valence-electron chi connectivity index (χ0n) is 10.4. The lowest BCUT2D eigenvalue weighted by molar-refractivity contribution is 0.0969. The Morgan fingerprint density at radius 2 is 2.00 bits per heavy atom. The smallest absolute Gasteiger partial charge is 0.180 e. The minimum atomic E-state index is 0.232. The first-order valence-corrected chi connectivity index (χ1v) is 6.34. The first-order chi connectivity index (χ1) is 7.79. The molecule has 1 rings (SSSR count). The number of carbonyl (C=O) groups is 1. The van der Waals surface area contributed by atoms with E-state index in [4.69, 9.17) is 0 Å². The van der Waals surface area contributed by atoms with E-state index < -0.39 is 0 Å². The SMILES string of the molecule is CCCCCCCC(=O)c1ccnn1CC. The van der Waals surface area contributed by atoms with Gasteiger partial charge in [-0.15, -0.1) is 0 Å². The highest BCUT2D eigenvalue weighted by atomic mass is 16.1. The predicted octanol–water partition coefficient (Wildman–Crippen LogP) is 3.45. The topological polar surface area (TPSA) is 34.9 Å². The van der Waals surface area contributed by atoms with Gasteiger partial charge < -0.3 is 0 Å². The number of unbranched alkanes of at least 4 members (excludes halogenated alkanes) is 4. The molecule has 0 unspecified atom stereocenters. The van der Waals surface area contributed by atoms with E-state index in [-0.39, 0.29) is 5.78 Å². The van der Waals surface area contributed by atoms with E-state index in [1.165, 1.54) is 25.7 Å². The number of hydrogen-bond acceptors (Lipinski definition) is 2. The van der Waals surface area contributed by atoms with Crippen molar-refractivity contribution in [1.29, 1.82) is 0 Å². The summed E-state index contributed by atoms with van der Waals surface area (Å²) >= 11 is 0. The van der Waals surface area contributed by atoms with Crippen LogP contribution in [0.5, 0.6) is 0 Å². The molecule has 1 heterocycles. The maximum atomic E-state index is 11.9. The Morgan fingerprint density at radius 1 is 1.25 bits per heavy atom. The van der Waals surface area contributed by atoms with Crippen molar-refractivity contribution in [3.63, 3.8) is 0 Å². The fourth-order valence-corrected chi connectivity index (χ4v) is 1.84. The van der Waals surface area contributed by atoms with Gasteiger partial charge in [0, 0.05) is 19.2 Å². The Labute approximate surface area is 97.8 Å². The summed E-state index contributed by atoms with van der Waals surface area (Å²) in [6, 6.07) is 1.82. The summed E-state index contributed by atoms with van der Waals surface area (Å²) in [5.74, 6) is 0.232. The molecule has 1 aromatic rings. The number of Topliss-reactive ketones (excluding diaryl/α,β-unsaturated/α-hetero) is 1. The number of aryl methyl sites for hydroxylation is 1. The van der Waals surface area contributed by atoms with Gasteiger partial charge in [0.1, 0.15) is 5.69 Å². The van der Waals surface area contributed by atoms with Crippen LogP contribution in [-0.2, 0) is 6.54 Å². The molecular weight excluding hydrogens is 200 g/mol. The first kappa shape index (κ1) is 12.9. The van der Waals surface area contributed by atoms with Gasteiger partial charge in [0.2, 0.25) is 0 Å². The molecule has 3 nitrogen and oxygen atoms in total. The molecule has 0 atom stereocenters. The molecule has 0 bridgehead atoms. The minimum absolute atomic E-state index is 0.232. The Balaban J connectivity index is 2.30. The lowest BCUT2D eigenvalue weighted by atomic mass is 10.1. The molecule has 0 aliphatic rings. The Kier molecular flexibility index (Phi) is 5.83. The standard InChI is InChI=1S/C13H22N2O/c1-3-5-6-7-8-9-13(16)12-10-11-14-15(12)4-2/h10-11H,3-9H2,1-2H3. The van der Waals surface area contributed by atoms with Crippen LogP contribution in [0.4, 0.5) is 0 Å². The largest absolute Gasteiger partial charge is 0.292 e. The Bertz CT molecular complexity index is 317. The average Bonchev–Trinajstić information content (AvgIpc) is 2.76. The molecule has 3 heteroatoms. The van der Waals surface area contributed by atoms with Crippen LogP contribution in [0.1, 0.15) is 62.9 Å². The molecule has 0 aliphatic heterocycles. The van der Waals surface area contributed by atoms with Crippen molar-refractivity contribution >= 4 is 5.78 Å². The van der Waals surface area contributed by atoms with Crippen molar-refractivity contribution in [2.45, 2.75) is 58.9 Å². The molecule has 0 amide bonds. The van der Waals surface area contributed by atoms with Crippen LogP contribution < -0.4 is 0 Å². The molecule has 90 valence electrons. The third-order valence-electron chi connectivity index (χ3n) is 2.81. The van der Waals surface area contributed by atoms with Gasteiger partial charge in [-0.3, -0.25) is 9.48 Å². The highest BCUT2D eigenvalue weighted by Crippen LogP contribution is 2.09. The fourth-order valence-electron chi connectivity index (χ4n) is 1.84. The zero-order chi connectivity index (χ0) is 11.8. The van der Waals surface area contributed by atoms with E-state index >= 15 is 0 Å². The van der Waals surface area contributed by atoms with Gasteiger partial charge in [0.15, 0.2) is 5.78 Å². The normalized spacial score (nSPS) is 10.6. The van der Waals surface area contributed by atoms with Crippen LogP contribution in [-0.4, -0.2) is 15.6 Å². The lowest BCUT2D eigenvalue weighted by Crippen LogP contribution is -2.09. The summed E-state index contributed by atoms with van der Waals surface area (Å²) in [5, 5.41) is 4.11. The molecule has 0 aromatic carbocycles. The molecular formula is C13H22N2O. The second-order valence-corrected chi connectivity index (χ2v) is 4.12. The third-order valence-corrected chi connectivity index (χ3v) is 2.81. The fraction of sp³-hybridized carbons (Fsp3) is 0.692. The van der Waals surface area contributed by atoms with E-state index in [0.29, 0.717) is 6.42 Å². The van der Waals surface area contributed by atoms with Crippen LogP contribution in [0.2, 0.25) is 0 Å². The van der Waals surface area contributed by atoms with E-state index in [1.54, 1.807) is 10.9 Å². The number of hydrogen-bond donors (Lipinski definition) is 0. The Hall–Kier alpha value is -1.12. The van der Waals surface area contributed by atoms with Crippen LogP contribution in [0.15, 0.2) is 12.3 Å². The molecule has 0 fully saturated rings. The van der Waals surface area contributed by atoms with E-state index in [1.807, 2.05) is 13.0 Å². The summed E-state index contributed by atoms with van der Waals surface area (Å²) in [4.78, 5) is 11.9. The van der Waals surface area contributed by atoms with E-state index in [2.05, 4.69) is 12.0 Å². The molecule has 1 aromatic heterocycles. The second-order valence-electron chi connectivity index (χ2n) is 4.12. The average molecular weight is 222 g/mol. The molecule has 0 saturated carbocycles. The van der Waals surface area contributed by atoms with E-state index in [9.17, 15) is 4.79 Å². The summed E-state index contributed by atoms with van der Waals surface area (Å²) in [5.41, 5.74) is 0.762. The van der Waals surface area contributed by atoms with Crippen molar-refractivity contribution < 1.29 is 4.79 Å². The number of carbonyl (C=O) groups excluding carboxylic acids is 1. The van der Waals surface area contributed by atoms with Gasteiger partial charge in [0.25, 0.3) is 0 Å². The van der Waals surface area contributed by atoms with Gasteiger partial charge in [-0.2, -0.15) is 5.10 Å². The lowest BCUT2D eigenvalue weighted by Gasteiger charge is -2.03. The zero-order valence-corrected chi connectivity index (χ0v) is 10.4. The Morgan fingerprint density at radius 3 is 2.69 bits per heavy atom. The third kappa shape index (κ3) is 3.80. The minimum Gasteiger partial charge on any atom is -0.292 e. The van der Waals surface area contributed by atoms with Gasteiger partial charge in [-0.05, 0) is 19.4 Å². The van der Waals surface area contributed by atoms with Gasteiger partial charge in [0.05, 0.1) is 0 Å². The number of nitrogens with zero attached hydrogens (tertiary/aromatic N) is 2. The molecule has 0 spiro atoms. The molecule has 0 aliphatic carbocycles. The highest BCUT2D eigenvalue weighted by Gasteiger charge is 2.10. The highest BCUT2D eigenvalue weighted by molar-refractivity contribution is 5.94. The van der Waals surface area contributed by atoms with Crippen LogP contribution in [0.3, 0.4) is 0 Å². The summed E-state index contributed by atoms with van der Waals surface area (Å²) < 4.78 is 1.77. The van der Waals surface area contributed by atoms with Crippen LogP contribution in [0, 0.1) is 0 Å².